The van der Waals surface area contributed by atoms with Crippen LogP contribution in [0.1, 0.15) is 40.2 Å². The van der Waals surface area contributed by atoms with Crippen molar-refractivity contribution in [2.45, 2.75) is 31.2 Å². The van der Waals surface area contributed by atoms with Crippen LogP contribution in [-0.2, 0) is 10.0 Å². The van der Waals surface area contributed by atoms with Gasteiger partial charge in [0.2, 0.25) is 0 Å². The van der Waals surface area contributed by atoms with Gasteiger partial charge in [0.1, 0.15) is 0 Å². The predicted molar refractivity (Wildman–Crippen MR) is 113 cm³/mol. The van der Waals surface area contributed by atoms with Gasteiger partial charge in [-0.1, -0.05) is 31.2 Å². The fraction of sp³-hybridized carbons (Fsp3) is 0.190. The van der Waals surface area contributed by atoms with Crippen molar-refractivity contribution in [3.63, 3.8) is 0 Å². The zero-order valence-corrected chi connectivity index (χ0v) is 17.3. The number of anilines is 1. The third-order valence-corrected chi connectivity index (χ3v) is 6.78. The minimum absolute atomic E-state index is 0.0568. The van der Waals surface area contributed by atoms with Gasteiger partial charge in [0.05, 0.1) is 16.6 Å². The third kappa shape index (κ3) is 4.61. The second kappa shape index (κ2) is 8.58. The molecule has 0 spiro atoms. The first kappa shape index (κ1) is 20.1. The lowest BCUT2D eigenvalue weighted by molar-refractivity contribution is 0.0936. The number of rotatable bonds is 7. The molecule has 2 N–H and O–H groups in total. The fourth-order valence-electron chi connectivity index (χ4n) is 2.78. The number of sulfonamides is 1. The molecule has 0 bridgehead atoms. The lowest BCUT2D eigenvalue weighted by Crippen LogP contribution is -2.27. The van der Waals surface area contributed by atoms with E-state index in [2.05, 4.69) is 10.0 Å². The van der Waals surface area contributed by atoms with Crippen LogP contribution in [-0.4, -0.2) is 14.3 Å². The van der Waals surface area contributed by atoms with Crippen LogP contribution in [0, 0.1) is 6.92 Å². The van der Waals surface area contributed by atoms with Crippen LogP contribution in [0.25, 0.3) is 0 Å². The van der Waals surface area contributed by atoms with E-state index in [4.69, 9.17) is 0 Å². The average molecular weight is 415 g/mol. The maximum Gasteiger partial charge on any atom is 0.261 e. The number of hydrogen-bond donors (Lipinski definition) is 2. The van der Waals surface area contributed by atoms with E-state index in [0.717, 1.165) is 16.9 Å². The van der Waals surface area contributed by atoms with Crippen LogP contribution in [0.5, 0.6) is 0 Å². The first-order valence-corrected chi connectivity index (χ1v) is 11.3. The van der Waals surface area contributed by atoms with E-state index in [1.54, 1.807) is 23.5 Å². The number of aryl methyl sites for hydroxylation is 1. The van der Waals surface area contributed by atoms with Gasteiger partial charge >= 0.3 is 0 Å². The van der Waals surface area contributed by atoms with Gasteiger partial charge in [-0.25, -0.2) is 8.42 Å². The number of carbonyl (C=O) groups excluding carboxylic acids is 1. The standard InChI is InChI=1S/C21H22N2O3S2/c1-3-18(20-9-6-14-27-20)22-21(24)16-10-12-17(13-11-16)28(25,26)23-19-8-5-4-7-15(19)2/h4-14,18,23H,3H2,1-2H3,(H,22,24). The minimum Gasteiger partial charge on any atom is -0.344 e. The summed E-state index contributed by atoms with van der Waals surface area (Å²) in [6, 6.07) is 17.0. The molecule has 1 atom stereocenters. The highest BCUT2D eigenvalue weighted by Gasteiger charge is 2.18. The molecule has 2 aromatic carbocycles. The topological polar surface area (TPSA) is 75.3 Å². The highest BCUT2D eigenvalue weighted by atomic mass is 32.2. The van der Waals surface area contributed by atoms with E-state index in [1.807, 2.05) is 43.5 Å². The summed E-state index contributed by atoms with van der Waals surface area (Å²) < 4.78 is 27.8. The molecule has 0 fully saturated rings. The first-order valence-electron chi connectivity index (χ1n) is 8.93. The van der Waals surface area contributed by atoms with Gasteiger partial charge < -0.3 is 5.32 Å². The molecule has 0 aliphatic heterocycles. The van der Waals surface area contributed by atoms with Crippen LogP contribution >= 0.6 is 11.3 Å². The molecule has 0 aliphatic rings. The molecular weight excluding hydrogens is 392 g/mol. The molecule has 7 heteroatoms. The number of para-hydroxylation sites is 1. The summed E-state index contributed by atoms with van der Waals surface area (Å²) >= 11 is 1.60. The van der Waals surface area contributed by atoms with E-state index in [-0.39, 0.29) is 16.8 Å². The van der Waals surface area contributed by atoms with Crippen molar-refractivity contribution < 1.29 is 13.2 Å². The Labute approximate surface area is 169 Å². The van der Waals surface area contributed by atoms with Crippen LogP contribution < -0.4 is 10.0 Å². The molecule has 1 unspecified atom stereocenters. The molecule has 28 heavy (non-hydrogen) atoms. The Morgan fingerprint density at radius 2 is 1.75 bits per heavy atom. The van der Waals surface area contributed by atoms with Crippen LogP contribution in [0.3, 0.4) is 0 Å². The lowest BCUT2D eigenvalue weighted by atomic mass is 10.1. The fourth-order valence-corrected chi connectivity index (χ4v) is 4.77. The van der Waals surface area contributed by atoms with Crippen LogP contribution in [0.4, 0.5) is 5.69 Å². The summed E-state index contributed by atoms with van der Waals surface area (Å²) in [5.74, 6) is -0.226. The summed E-state index contributed by atoms with van der Waals surface area (Å²) in [7, 11) is -3.72. The van der Waals surface area contributed by atoms with Crippen molar-refractivity contribution in [3.05, 3.63) is 82.0 Å². The predicted octanol–water partition coefficient (Wildman–Crippen LogP) is 4.74. The first-order chi connectivity index (χ1) is 13.4. The Morgan fingerprint density at radius 1 is 1.04 bits per heavy atom. The molecule has 0 radical (unpaired) electrons. The molecule has 0 aliphatic carbocycles. The van der Waals surface area contributed by atoms with E-state index < -0.39 is 10.0 Å². The zero-order valence-electron chi connectivity index (χ0n) is 15.7. The molecule has 1 aromatic heterocycles. The van der Waals surface area contributed by atoms with Gasteiger partial charge in [-0.2, -0.15) is 0 Å². The summed E-state index contributed by atoms with van der Waals surface area (Å²) in [6.45, 7) is 3.85. The van der Waals surface area contributed by atoms with E-state index in [0.29, 0.717) is 11.3 Å². The Morgan fingerprint density at radius 3 is 2.36 bits per heavy atom. The number of carbonyl (C=O) groups is 1. The summed E-state index contributed by atoms with van der Waals surface area (Å²) in [5, 5.41) is 4.97. The SMILES string of the molecule is CCC(NC(=O)c1ccc(S(=O)(=O)Nc2ccccc2C)cc1)c1cccs1. The van der Waals surface area contributed by atoms with Gasteiger partial charge in [0.25, 0.3) is 15.9 Å². The number of nitrogens with one attached hydrogen (secondary N) is 2. The molecule has 1 heterocycles. The maximum atomic E-state index is 12.6. The zero-order chi connectivity index (χ0) is 20.1. The van der Waals surface area contributed by atoms with E-state index in [9.17, 15) is 13.2 Å². The molecule has 3 rings (SSSR count). The van der Waals surface area contributed by atoms with Gasteiger partial charge in [0, 0.05) is 10.4 Å². The van der Waals surface area contributed by atoms with Gasteiger partial charge in [0.15, 0.2) is 0 Å². The summed E-state index contributed by atoms with van der Waals surface area (Å²) in [4.78, 5) is 13.7. The van der Waals surface area contributed by atoms with Crippen molar-refractivity contribution >= 4 is 33.0 Å². The summed E-state index contributed by atoms with van der Waals surface area (Å²) in [6.07, 6.45) is 0.777. The quantitative estimate of drug-likeness (QED) is 0.586. The van der Waals surface area contributed by atoms with Crippen molar-refractivity contribution in [3.8, 4) is 0 Å². The normalized spacial score (nSPS) is 12.4. The number of amides is 1. The second-order valence-electron chi connectivity index (χ2n) is 6.39. The molecule has 146 valence electrons. The van der Waals surface area contributed by atoms with Gasteiger partial charge in [-0.05, 0) is 60.7 Å². The Balaban J connectivity index is 1.73. The van der Waals surface area contributed by atoms with Crippen LogP contribution in [0.15, 0.2) is 70.9 Å². The molecule has 1 amide bonds. The molecule has 0 saturated heterocycles. The Kier molecular flexibility index (Phi) is 6.16. The number of hydrogen-bond acceptors (Lipinski definition) is 4. The Hall–Kier alpha value is -2.64. The third-order valence-electron chi connectivity index (χ3n) is 4.42. The van der Waals surface area contributed by atoms with Crippen molar-refractivity contribution in [1.29, 1.82) is 0 Å². The molecule has 5 nitrogen and oxygen atoms in total. The number of benzene rings is 2. The maximum absolute atomic E-state index is 12.6. The smallest absolute Gasteiger partial charge is 0.261 e. The highest BCUT2D eigenvalue weighted by molar-refractivity contribution is 7.92. The van der Waals surface area contributed by atoms with Gasteiger partial charge in [-0.3, -0.25) is 9.52 Å². The molecular formula is C21H22N2O3S2. The largest absolute Gasteiger partial charge is 0.344 e. The van der Waals surface area contributed by atoms with Crippen molar-refractivity contribution in [2.75, 3.05) is 4.72 Å². The highest BCUT2D eigenvalue weighted by Crippen LogP contribution is 2.23. The van der Waals surface area contributed by atoms with E-state index in [1.165, 1.54) is 24.3 Å². The van der Waals surface area contributed by atoms with Crippen molar-refractivity contribution in [2.24, 2.45) is 0 Å². The molecule has 3 aromatic rings. The average Bonchev–Trinajstić information content (AvgIpc) is 3.22. The summed E-state index contributed by atoms with van der Waals surface area (Å²) in [5.41, 5.74) is 1.79. The van der Waals surface area contributed by atoms with Gasteiger partial charge in [-0.15, -0.1) is 11.3 Å². The number of thiophene rings is 1. The van der Waals surface area contributed by atoms with E-state index >= 15 is 0 Å². The Bertz CT molecular complexity index is 1040. The van der Waals surface area contributed by atoms with Crippen LogP contribution in [0.2, 0.25) is 0 Å². The monoisotopic (exact) mass is 414 g/mol. The second-order valence-corrected chi connectivity index (χ2v) is 9.06. The molecule has 0 saturated carbocycles. The lowest BCUT2D eigenvalue weighted by Gasteiger charge is -2.16. The van der Waals surface area contributed by atoms with Crippen molar-refractivity contribution in [1.82, 2.24) is 5.32 Å². The minimum atomic E-state index is -3.72.